The summed E-state index contributed by atoms with van der Waals surface area (Å²) in [6.45, 7) is 7.84. The molecule has 0 aliphatic carbocycles. The zero-order chi connectivity index (χ0) is 16.8. The average Bonchev–Trinajstić information content (AvgIpc) is 3.04. The molecule has 2 amide bonds. The van der Waals surface area contributed by atoms with Gasteiger partial charge in [0, 0.05) is 69.2 Å². The Bertz CT molecular complexity index is 521. The Morgan fingerprint density at radius 3 is 2.71 bits per heavy atom. The van der Waals surface area contributed by atoms with E-state index in [9.17, 15) is 4.79 Å². The Labute approximate surface area is 149 Å². The summed E-state index contributed by atoms with van der Waals surface area (Å²) in [6.07, 6.45) is 6.98. The first-order chi connectivity index (χ1) is 11.7. The van der Waals surface area contributed by atoms with Crippen molar-refractivity contribution in [1.29, 1.82) is 0 Å². The minimum Gasteiger partial charge on any atom is -0.338 e. The summed E-state index contributed by atoms with van der Waals surface area (Å²) in [5.41, 5.74) is 0. The standard InChI is InChI=1S/C17H29N5OS/c1-15-18-6-10-20(15)7-2-5-19-17(23)22-8-3-16(4-9-22)21-11-13-24-14-12-21/h6,10,16H,2-5,7-9,11-14H2,1H3,(H,19,23). The van der Waals surface area contributed by atoms with E-state index in [-0.39, 0.29) is 6.03 Å². The van der Waals surface area contributed by atoms with E-state index >= 15 is 0 Å². The van der Waals surface area contributed by atoms with Crippen molar-refractivity contribution in [3.63, 3.8) is 0 Å². The SMILES string of the molecule is Cc1nccn1CCCNC(=O)N1CCC(N2CCSCC2)CC1. The van der Waals surface area contributed by atoms with E-state index in [0.717, 1.165) is 51.3 Å². The first-order valence-electron chi connectivity index (χ1n) is 9.06. The molecule has 134 valence electrons. The first kappa shape index (κ1) is 17.6. The van der Waals surface area contributed by atoms with Crippen molar-refractivity contribution >= 4 is 17.8 Å². The van der Waals surface area contributed by atoms with Crippen LogP contribution >= 0.6 is 11.8 Å². The maximum Gasteiger partial charge on any atom is 0.317 e. The van der Waals surface area contributed by atoms with Gasteiger partial charge in [0.25, 0.3) is 0 Å². The number of carbonyl (C=O) groups excluding carboxylic acids is 1. The number of aryl methyl sites for hydroxylation is 2. The molecule has 24 heavy (non-hydrogen) atoms. The Balaban J connectivity index is 1.32. The number of likely N-dealkylation sites (tertiary alicyclic amines) is 1. The molecule has 1 aromatic rings. The molecule has 0 bridgehead atoms. The number of urea groups is 1. The molecule has 0 unspecified atom stereocenters. The Morgan fingerprint density at radius 2 is 2.04 bits per heavy atom. The molecule has 0 saturated carbocycles. The zero-order valence-corrected chi connectivity index (χ0v) is 15.4. The molecule has 1 N–H and O–H groups in total. The quantitative estimate of drug-likeness (QED) is 0.822. The molecule has 0 spiro atoms. The van der Waals surface area contributed by atoms with Crippen molar-refractivity contribution in [2.24, 2.45) is 0 Å². The van der Waals surface area contributed by atoms with E-state index in [1.54, 1.807) is 0 Å². The van der Waals surface area contributed by atoms with Crippen LogP contribution in [0.5, 0.6) is 0 Å². The molecule has 0 atom stereocenters. The van der Waals surface area contributed by atoms with Crippen LogP contribution in [0, 0.1) is 6.92 Å². The van der Waals surface area contributed by atoms with Gasteiger partial charge in [-0.15, -0.1) is 0 Å². The fourth-order valence-corrected chi connectivity index (χ4v) is 4.50. The maximum absolute atomic E-state index is 12.3. The second kappa shape index (κ2) is 8.76. The molecule has 3 rings (SSSR count). The summed E-state index contributed by atoms with van der Waals surface area (Å²) in [7, 11) is 0. The number of hydrogen-bond acceptors (Lipinski definition) is 4. The van der Waals surface area contributed by atoms with E-state index in [4.69, 9.17) is 0 Å². The fourth-order valence-electron chi connectivity index (χ4n) is 3.57. The van der Waals surface area contributed by atoms with Crippen LogP contribution in [0.25, 0.3) is 0 Å². The van der Waals surface area contributed by atoms with Gasteiger partial charge in [-0.05, 0) is 26.2 Å². The van der Waals surface area contributed by atoms with Gasteiger partial charge in [0.1, 0.15) is 5.82 Å². The molecule has 7 heteroatoms. The number of rotatable bonds is 5. The molecule has 2 aliphatic rings. The predicted molar refractivity (Wildman–Crippen MR) is 98.5 cm³/mol. The first-order valence-corrected chi connectivity index (χ1v) is 10.2. The second-order valence-electron chi connectivity index (χ2n) is 6.62. The minimum absolute atomic E-state index is 0.102. The van der Waals surface area contributed by atoms with Crippen LogP contribution in [-0.2, 0) is 6.54 Å². The van der Waals surface area contributed by atoms with Crippen LogP contribution in [0.1, 0.15) is 25.1 Å². The molecule has 2 fully saturated rings. The number of thioether (sulfide) groups is 1. The Morgan fingerprint density at radius 1 is 1.29 bits per heavy atom. The number of aromatic nitrogens is 2. The zero-order valence-electron chi connectivity index (χ0n) is 14.6. The van der Waals surface area contributed by atoms with Crippen molar-refractivity contribution in [2.75, 3.05) is 44.2 Å². The molecule has 2 aliphatic heterocycles. The number of amides is 2. The lowest BCUT2D eigenvalue weighted by Crippen LogP contribution is -2.51. The van der Waals surface area contributed by atoms with Crippen molar-refractivity contribution < 1.29 is 4.79 Å². The van der Waals surface area contributed by atoms with Crippen molar-refractivity contribution in [3.05, 3.63) is 18.2 Å². The van der Waals surface area contributed by atoms with Gasteiger partial charge in [0.05, 0.1) is 0 Å². The maximum atomic E-state index is 12.3. The number of imidazole rings is 1. The topological polar surface area (TPSA) is 53.4 Å². The van der Waals surface area contributed by atoms with Gasteiger partial charge < -0.3 is 14.8 Å². The van der Waals surface area contributed by atoms with Crippen molar-refractivity contribution in [3.8, 4) is 0 Å². The highest BCUT2D eigenvalue weighted by Gasteiger charge is 2.27. The summed E-state index contributed by atoms with van der Waals surface area (Å²) >= 11 is 2.06. The van der Waals surface area contributed by atoms with Gasteiger partial charge >= 0.3 is 6.03 Å². The lowest BCUT2D eigenvalue weighted by atomic mass is 10.0. The van der Waals surface area contributed by atoms with Crippen molar-refractivity contribution in [2.45, 2.75) is 38.8 Å². The van der Waals surface area contributed by atoms with E-state index < -0.39 is 0 Å². The summed E-state index contributed by atoms with van der Waals surface area (Å²) in [5.74, 6) is 3.55. The van der Waals surface area contributed by atoms with Crippen LogP contribution in [-0.4, -0.2) is 75.7 Å². The fraction of sp³-hybridized carbons (Fsp3) is 0.765. The average molecular weight is 352 g/mol. The molecule has 1 aromatic heterocycles. The van der Waals surface area contributed by atoms with Gasteiger partial charge in [-0.25, -0.2) is 9.78 Å². The number of nitrogens with zero attached hydrogens (tertiary/aromatic N) is 4. The molecule has 0 aromatic carbocycles. The largest absolute Gasteiger partial charge is 0.338 e. The molecular formula is C17H29N5OS. The number of hydrogen-bond donors (Lipinski definition) is 1. The third-order valence-corrected chi connectivity index (χ3v) is 6.03. The van der Waals surface area contributed by atoms with Crippen LogP contribution in [0.15, 0.2) is 12.4 Å². The molecule has 6 nitrogen and oxygen atoms in total. The van der Waals surface area contributed by atoms with E-state index in [1.807, 2.05) is 24.2 Å². The normalized spacial score (nSPS) is 20.3. The Hall–Kier alpha value is -1.21. The van der Waals surface area contributed by atoms with Crippen molar-refractivity contribution in [1.82, 2.24) is 24.7 Å². The minimum atomic E-state index is 0.102. The van der Waals surface area contributed by atoms with Gasteiger partial charge in [0.15, 0.2) is 0 Å². The number of carbonyl (C=O) groups is 1. The summed E-state index contributed by atoms with van der Waals surface area (Å²) in [5, 5.41) is 3.06. The van der Waals surface area contributed by atoms with E-state index in [2.05, 4.69) is 31.5 Å². The lowest BCUT2D eigenvalue weighted by Gasteiger charge is -2.40. The highest BCUT2D eigenvalue weighted by atomic mass is 32.2. The van der Waals surface area contributed by atoms with E-state index in [0.29, 0.717) is 6.04 Å². The summed E-state index contributed by atoms with van der Waals surface area (Å²) < 4.78 is 2.12. The van der Waals surface area contributed by atoms with Crippen LogP contribution in [0.4, 0.5) is 4.79 Å². The van der Waals surface area contributed by atoms with Gasteiger partial charge in [-0.2, -0.15) is 11.8 Å². The van der Waals surface area contributed by atoms with Crippen LogP contribution in [0.3, 0.4) is 0 Å². The van der Waals surface area contributed by atoms with Crippen LogP contribution < -0.4 is 5.32 Å². The molecule has 0 radical (unpaired) electrons. The van der Waals surface area contributed by atoms with Gasteiger partial charge in [0.2, 0.25) is 0 Å². The van der Waals surface area contributed by atoms with Gasteiger partial charge in [-0.1, -0.05) is 0 Å². The molecule has 3 heterocycles. The monoisotopic (exact) mass is 351 g/mol. The third-order valence-electron chi connectivity index (χ3n) is 5.09. The predicted octanol–water partition coefficient (Wildman–Crippen LogP) is 1.80. The highest BCUT2D eigenvalue weighted by molar-refractivity contribution is 7.99. The summed E-state index contributed by atoms with van der Waals surface area (Å²) in [6, 6.07) is 0.782. The summed E-state index contributed by atoms with van der Waals surface area (Å²) in [4.78, 5) is 21.1. The molecular weight excluding hydrogens is 322 g/mol. The third kappa shape index (κ3) is 4.66. The number of piperidine rings is 1. The second-order valence-corrected chi connectivity index (χ2v) is 7.84. The Kier molecular flexibility index (Phi) is 6.43. The number of nitrogens with one attached hydrogen (secondary N) is 1. The molecule has 2 saturated heterocycles. The van der Waals surface area contributed by atoms with Crippen LogP contribution in [0.2, 0.25) is 0 Å². The van der Waals surface area contributed by atoms with Gasteiger partial charge in [-0.3, -0.25) is 4.90 Å². The lowest BCUT2D eigenvalue weighted by molar-refractivity contribution is 0.124. The smallest absolute Gasteiger partial charge is 0.317 e. The highest BCUT2D eigenvalue weighted by Crippen LogP contribution is 2.20. The van der Waals surface area contributed by atoms with E-state index in [1.165, 1.54) is 24.6 Å².